The van der Waals surface area contributed by atoms with Crippen LogP contribution in [-0.2, 0) is 10.0 Å². The molecule has 0 spiro atoms. The van der Waals surface area contributed by atoms with Gasteiger partial charge in [0, 0.05) is 17.0 Å². The SMILES string of the molecule is Cc1ccc(S(=O)(=O)Nc2ccc3cc(-n4cc(-c5ccccc5)nn4)c(=O)oc3c2)cc1. The van der Waals surface area contributed by atoms with Crippen LogP contribution in [0.2, 0.25) is 0 Å². The summed E-state index contributed by atoms with van der Waals surface area (Å²) in [6.07, 6.45) is 1.65. The minimum atomic E-state index is -3.78. The lowest BCUT2D eigenvalue weighted by Crippen LogP contribution is -2.13. The van der Waals surface area contributed by atoms with E-state index in [9.17, 15) is 13.2 Å². The monoisotopic (exact) mass is 458 g/mol. The Morgan fingerprint density at radius 3 is 2.45 bits per heavy atom. The van der Waals surface area contributed by atoms with E-state index in [0.29, 0.717) is 11.1 Å². The number of fused-ring (bicyclic) bond motifs is 1. The van der Waals surface area contributed by atoms with Crippen molar-refractivity contribution in [2.45, 2.75) is 11.8 Å². The molecule has 0 amide bonds. The second kappa shape index (κ2) is 8.03. The highest BCUT2D eigenvalue weighted by atomic mass is 32.2. The summed E-state index contributed by atoms with van der Waals surface area (Å²) in [4.78, 5) is 12.8. The number of benzene rings is 3. The van der Waals surface area contributed by atoms with Crippen molar-refractivity contribution >= 4 is 26.7 Å². The van der Waals surface area contributed by atoms with E-state index in [1.165, 1.54) is 22.9 Å². The smallest absolute Gasteiger partial charge is 0.362 e. The first-order valence-corrected chi connectivity index (χ1v) is 11.5. The van der Waals surface area contributed by atoms with Gasteiger partial charge in [0.05, 0.1) is 16.8 Å². The predicted molar refractivity (Wildman–Crippen MR) is 125 cm³/mol. The largest absolute Gasteiger partial charge is 0.421 e. The van der Waals surface area contributed by atoms with E-state index in [1.54, 1.807) is 36.5 Å². The molecule has 2 aromatic heterocycles. The highest BCUT2D eigenvalue weighted by Gasteiger charge is 2.16. The molecule has 0 fully saturated rings. The first-order chi connectivity index (χ1) is 15.9. The Morgan fingerprint density at radius 2 is 1.70 bits per heavy atom. The molecule has 9 heteroatoms. The van der Waals surface area contributed by atoms with Crippen molar-refractivity contribution in [3.05, 3.63) is 101 Å². The Bertz CT molecular complexity index is 1620. The third kappa shape index (κ3) is 4.13. The van der Waals surface area contributed by atoms with Gasteiger partial charge in [-0.05, 0) is 37.3 Å². The molecule has 0 saturated heterocycles. The van der Waals surface area contributed by atoms with Crippen molar-refractivity contribution in [2.24, 2.45) is 0 Å². The molecule has 8 nitrogen and oxygen atoms in total. The lowest BCUT2D eigenvalue weighted by atomic mass is 10.2. The number of hydrogen-bond acceptors (Lipinski definition) is 6. The van der Waals surface area contributed by atoms with Gasteiger partial charge in [-0.25, -0.2) is 17.9 Å². The maximum Gasteiger partial charge on any atom is 0.362 e. The Morgan fingerprint density at radius 1 is 0.939 bits per heavy atom. The van der Waals surface area contributed by atoms with E-state index in [4.69, 9.17) is 4.42 Å². The average molecular weight is 458 g/mol. The van der Waals surface area contributed by atoms with Crippen molar-refractivity contribution in [3.8, 4) is 16.9 Å². The van der Waals surface area contributed by atoms with Gasteiger partial charge in [0.25, 0.3) is 10.0 Å². The number of aromatic nitrogens is 3. The second-order valence-electron chi connectivity index (χ2n) is 7.50. The highest BCUT2D eigenvalue weighted by Crippen LogP contribution is 2.23. The Balaban J connectivity index is 1.46. The molecule has 0 unspecified atom stereocenters. The molecule has 1 N–H and O–H groups in total. The zero-order valence-electron chi connectivity index (χ0n) is 17.5. The molecular formula is C24H18N4O4S. The fourth-order valence-electron chi connectivity index (χ4n) is 3.38. The van der Waals surface area contributed by atoms with Gasteiger partial charge >= 0.3 is 5.63 Å². The van der Waals surface area contributed by atoms with Crippen LogP contribution in [0.3, 0.4) is 0 Å². The molecule has 33 heavy (non-hydrogen) atoms. The van der Waals surface area contributed by atoms with Crippen LogP contribution in [0.25, 0.3) is 27.9 Å². The zero-order valence-corrected chi connectivity index (χ0v) is 18.3. The van der Waals surface area contributed by atoms with Crippen LogP contribution in [0, 0.1) is 6.92 Å². The van der Waals surface area contributed by atoms with Crippen molar-refractivity contribution in [3.63, 3.8) is 0 Å². The van der Waals surface area contributed by atoms with Gasteiger partial charge in [0.15, 0.2) is 5.69 Å². The normalized spacial score (nSPS) is 11.5. The Kier molecular flexibility index (Phi) is 5.02. The molecule has 0 aliphatic carbocycles. The molecule has 0 aliphatic rings. The van der Waals surface area contributed by atoms with E-state index >= 15 is 0 Å². The van der Waals surface area contributed by atoms with Gasteiger partial charge in [-0.15, -0.1) is 5.10 Å². The van der Waals surface area contributed by atoms with E-state index < -0.39 is 15.6 Å². The quantitative estimate of drug-likeness (QED) is 0.397. The maximum atomic E-state index is 12.7. The van der Waals surface area contributed by atoms with Crippen LogP contribution in [0.15, 0.2) is 99.2 Å². The summed E-state index contributed by atoms with van der Waals surface area (Å²) in [5.74, 6) is 0. The third-order valence-corrected chi connectivity index (χ3v) is 6.51. The van der Waals surface area contributed by atoms with Gasteiger partial charge in [-0.3, -0.25) is 4.72 Å². The van der Waals surface area contributed by atoms with Crippen LogP contribution >= 0.6 is 0 Å². The number of sulfonamides is 1. The van der Waals surface area contributed by atoms with E-state index in [1.807, 2.05) is 37.3 Å². The number of anilines is 1. The molecule has 3 aromatic carbocycles. The van der Waals surface area contributed by atoms with Gasteiger partial charge < -0.3 is 4.42 Å². The number of nitrogens with one attached hydrogen (secondary N) is 1. The molecule has 0 aliphatic heterocycles. The standard InChI is InChI=1S/C24H18N4O4S/c1-16-7-11-20(12-8-16)33(30,31)26-19-10-9-18-13-22(24(29)32-23(18)14-19)28-15-21(25-27-28)17-5-3-2-4-6-17/h2-15,26H,1H3. The van der Waals surface area contributed by atoms with Crippen LogP contribution in [0.5, 0.6) is 0 Å². The summed E-state index contributed by atoms with van der Waals surface area (Å²) in [7, 11) is -3.78. The van der Waals surface area contributed by atoms with Crippen molar-refractivity contribution in [1.82, 2.24) is 15.0 Å². The van der Waals surface area contributed by atoms with Crippen LogP contribution in [0.1, 0.15) is 5.56 Å². The van der Waals surface area contributed by atoms with Gasteiger partial charge in [0.2, 0.25) is 0 Å². The first-order valence-electron chi connectivity index (χ1n) is 10.0. The number of nitrogens with zero attached hydrogens (tertiary/aromatic N) is 3. The molecule has 0 bridgehead atoms. The number of rotatable bonds is 5. The fourth-order valence-corrected chi connectivity index (χ4v) is 4.43. The summed E-state index contributed by atoms with van der Waals surface area (Å²) in [5, 5.41) is 8.79. The molecule has 2 heterocycles. The fraction of sp³-hybridized carbons (Fsp3) is 0.0417. The summed E-state index contributed by atoms with van der Waals surface area (Å²) < 4.78 is 34.6. The van der Waals surface area contributed by atoms with Crippen molar-refractivity contribution < 1.29 is 12.8 Å². The minimum absolute atomic E-state index is 0.144. The van der Waals surface area contributed by atoms with Crippen molar-refractivity contribution in [2.75, 3.05) is 4.72 Å². The lowest BCUT2D eigenvalue weighted by molar-refractivity contribution is 0.551. The lowest BCUT2D eigenvalue weighted by Gasteiger charge is -2.09. The van der Waals surface area contributed by atoms with Crippen LogP contribution in [0.4, 0.5) is 5.69 Å². The second-order valence-corrected chi connectivity index (χ2v) is 9.19. The van der Waals surface area contributed by atoms with Crippen LogP contribution in [-0.4, -0.2) is 23.4 Å². The molecule has 0 saturated carbocycles. The first kappa shape index (κ1) is 20.7. The summed E-state index contributed by atoms with van der Waals surface area (Å²) in [5.41, 5.74) is 2.56. The molecule has 0 atom stereocenters. The topological polar surface area (TPSA) is 107 Å². The molecule has 164 valence electrons. The summed E-state index contributed by atoms with van der Waals surface area (Å²) in [6.45, 7) is 1.88. The Hall–Kier alpha value is -4.24. The van der Waals surface area contributed by atoms with Crippen LogP contribution < -0.4 is 10.3 Å². The molecule has 5 rings (SSSR count). The summed E-state index contributed by atoms with van der Waals surface area (Å²) >= 11 is 0. The van der Waals surface area contributed by atoms with Gasteiger partial charge in [0.1, 0.15) is 11.3 Å². The molecular weight excluding hydrogens is 440 g/mol. The summed E-state index contributed by atoms with van der Waals surface area (Å²) in [6, 6.07) is 22.4. The van der Waals surface area contributed by atoms with E-state index in [-0.39, 0.29) is 21.9 Å². The number of aryl methyl sites for hydroxylation is 1. The minimum Gasteiger partial charge on any atom is -0.421 e. The number of hydrogen-bond donors (Lipinski definition) is 1. The van der Waals surface area contributed by atoms with Gasteiger partial charge in [-0.1, -0.05) is 53.2 Å². The third-order valence-electron chi connectivity index (χ3n) is 5.11. The van der Waals surface area contributed by atoms with E-state index in [2.05, 4.69) is 15.0 Å². The average Bonchev–Trinajstić information content (AvgIpc) is 3.29. The highest BCUT2D eigenvalue weighted by molar-refractivity contribution is 7.92. The molecule has 0 radical (unpaired) electrons. The maximum absolute atomic E-state index is 12.7. The zero-order chi connectivity index (χ0) is 23.0. The van der Waals surface area contributed by atoms with Gasteiger partial charge in [-0.2, -0.15) is 0 Å². The molecule has 5 aromatic rings. The Labute approximate surface area is 189 Å². The predicted octanol–water partition coefficient (Wildman–Crippen LogP) is 4.15. The van der Waals surface area contributed by atoms with E-state index in [0.717, 1.165) is 11.1 Å². The van der Waals surface area contributed by atoms with Crippen molar-refractivity contribution in [1.29, 1.82) is 0 Å².